The predicted octanol–water partition coefficient (Wildman–Crippen LogP) is 5.84. The molecule has 0 unspecified atom stereocenters. The van der Waals surface area contributed by atoms with Gasteiger partial charge in [-0.2, -0.15) is 0 Å². The predicted molar refractivity (Wildman–Crippen MR) is 158 cm³/mol. The summed E-state index contributed by atoms with van der Waals surface area (Å²) in [5, 5.41) is 3.52. The fourth-order valence-electron chi connectivity index (χ4n) is 3.96. The second-order valence-electron chi connectivity index (χ2n) is 8.71. The number of carbonyl (C=O) groups is 2. The third-order valence-corrected chi connectivity index (χ3v) is 8.51. The minimum Gasteiger partial charge on any atom is -0.355 e. The molecule has 1 atom stereocenters. The fraction of sp³-hybridized carbons (Fsp3) is 0.259. The van der Waals surface area contributed by atoms with Gasteiger partial charge in [-0.25, -0.2) is 8.42 Å². The summed E-state index contributed by atoms with van der Waals surface area (Å²) in [6.45, 7) is 1.46. The molecule has 2 amide bonds. The molecular weight excluding hydrogens is 604 g/mol. The number of nitrogens with one attached hydrogen (secondary N) is 1. The van der Waals surface area contributed by atoms with E-state index in [9.17, 15) is 18.0 Å². The molecule has 0 aromatic heterocycles. The molecule has 0 radical (unpaired) electrons. The second kappa shape index (κ2) is 13.7. The highest BCUT2D eigenvalue weighted by Gasteiger charge is 2.33. The topological polar surface area (TPSA) is 86.8 Å². The lowest BCUT2D eigenvalue weighted by Gasteiger charge is -2.33. The summed E-state index contributed by atoms with van der Waals surface area (Å²) in [4.78, 5) is 28.6. The first-order valence-electron chi connectivity index (χ1n) is 11.9. The molecule has 0 saturated carbocycles. The van der Waals surface area contributed by atoms with Crippen molar-refractivity contribution < 1.29 is 18.0 Å². The van der Waals surface area contributed by atoms with Gasteiger partial charge >= 0.3 is 0 Å². The van der Waals surface area contributed by atoms with Crippen molar-refractivity contribution in [3.8, 4) is 0 Å². The molecule has 0 fully saturated rings. The second-order valence-corrected chi connectivity index (χ2v) is 12.2. The Balaban J connectivity index is 2.08. The van der Waals surface area contributed by atoms with Gasteiger partial charge in [0.15, 0.2) is 0 Å². The normalized spacial score (nSPS) is 12.1. The van der Waals surface area contributed by atoms with Crippen LogP contribution in [0.3, 0.4) is 0 Å². The van der Waals surface area contributed by atoms with Crippen molar-refractivity contribution in [1.82, 2.24) is 10.2 Å². The van der Waals surface area contributed by atoms with Crippen LogP contribution in [-0.4, -0.2) is 50.5 Å². The van der Waals surface area contributed by atoms with E-state index < -0.39 is 28.5 Å². The zero-order valence-electron chi connectivity index (χ0n) is 21.2. The molecule has 39 heavy (non-hydrogen) atoms. The minimum atomic E-state index is -3.98. The van der Waals surface area contributed by atoms with Crippen LogP contribution in [0.1, 0.15) is 18.1 Å². The van der Waals surface area contributed by atoms with Crippen molar-refractivity contribution in [3.63, 3.8) is 0 Å². The molecule has 208 valence electrons. The number of amides is 2. The number of hydrogen-bond donors (Lipinski definition) is 1. The molecule has 0 spiro atoms. The van der Waals surface area contributed by atoms with Crippen LogP contribution in [0.5, 0.6) is 0 Å². The first-order valence-corrected chi connectivity index (χ1v) is 15.2. The number of hydrogen-bond acceptors (Lipinski definition) is 4. The molecule has 0 bridgehead atoms. The summed E-state index contributed by atoms with van der Waals surface area (Å²) in [6.07, 6.45) is 1.16. The lowest BCUT2D eigenvalue weighted by atomic mass is 10.0. The van der Waals surface area contributed by atoms with Crippen molar-refractivity contribution >= 4 is 73.9 Å². The number of nitrogens with zero attached hydrogens (tertiary/aromatic N) is 2. The molecule has 0 aliphatic carbocycles. The van der Waals surface area contributed by atoms with Gasteiger partial charge in [0.2, 0.25) is 21.8 Å². The average molecular weight is 631 g/mol. The standard InChI is InChI=1S/C27H27Cl4N3O4S/c1-3-32-27(36)24(15-18-8-5-4-6-9-18)33(16-19-12-13-20(28)22(30)14-19)25(35)17-34(39(2,37)38)23-11-7-10-21(29)26(23)31/h4-14,24H,3,15-17H2,1-2H3,(H,32,36)/t24-/m0/s1. The summed E-state index contributed by atoms with van der Waals surface area (Å²) < 4.78 is 26.5. The Morgan fingerprint density at radius 3 is 2.18 bits per heavy atom. The van der Waals surface area contributed by atoms with Crippen LogP contribution in [0.15, 0.2) is 66.7 Å². The maximum Gasteiger partial charge on any atom is 0.244 e. The highest BCUT2D eigenvalue weighted by molar-refractivity contribution is 7.92. The van der Waals surface area contributed by atoms with Crippen LogP contribution in [0, 0.1) is 0 Å². The van der Waals surface area contributed by atoms with E-state index in [-0.39, 0.29) is 39.6 Å². The van der Waals surface area contributed by atoms with Crippen molar-refractivity contribution in [1.29, 1.82) is 0 Å². The molecule has 3 rings (SSSR count). The van der Waals surface area contributed by atoms with Crippen molar-refractivity contribution in [3.05, 3.63) is 97.9 Å². The lowest BCUT2D eigenvalue weighted by Crippen LogP contribution is -2.53. The maximum absolute atomic E-state index is 14.0. The minimum absolute atomic E-state index is 0.0158. The number of benzene rings is 3. The molecule has 1 N–H and O–H groups in total. The molecule has 0 saturated heterocycles. The number of halogens is 4. The third kappa shape index (κ3) is 8.25. The number of carbonyl (C=O) groups excluding carboxylic acids is 2. The van der Waals surface area contributed by atoms with E-state index in [1.54, 1.807) is 25.1 Å². The van der Waals surface area contributed by atoms with Crippen LogP contribution >= 0.6 is 46.4 Å². The van der Waals surface area contributed by atoms with Crippen LogP contribution in [0.2, 0.25) is 20.1 Å². The van der Waals surface area contributed by atoms with Crippen molar-refractivity contribution in [2.24, 2.45) is 0 Å². The van der Waals surface area contributed by atoms with E-state index >= 15 is 0 Å². The number of sulfonamides is 1. The van der Waals surface area contributed by atoms with Gasteiger partial charge in [0, 0.05) is 19.5 Å². The Morgan fingerprint density at radius 1 is 0.872 bits per heavy atom. The summed E-state index contributed by atoms with van der Waals surface area (Å²) in [5.41, 5.74) is 1.47. The first kappa shape index (κ1) is 31.0. The van der Waals surface area contributed by atoms with Crippen molar-refractivity contribution in [2.75, 3.05) is 23.7 Å². The lowest BCUT2D eigenvalue weighted by molar-refractivity contribution is -0.140. The summed E-state index contributed by atoms with van der Waals surface area (Å²) >= 11 is 24.8. The quantitative estimate of drug-likeness (QED) is 0.288. The zero-order chi connectivity index (χ0) is 28.7. The van der Waals surface area contributed by atoms with E-state index in [0.717, 1.165) is 16.1 Å². The Morgan fingerprint density at radius 2 is 1.56 bits per heavy atom. The largest absolute Gasteiger partial charge is 0.355 e. The van der Waals surface area contributed by atoms with Gasteiger partial charge in [-0.1, -0.05) is 88.9 Å². The van der Waals surface area contributed by atoms with E-state index in [1.807, 2.05) is 30.3 Å². The summed E-state index contributed by atoms with van der Waals surface area (Å²) in [5.74, 6) is -1.02. The Kier molecular flexibility index (Phi) is 10.9. The highest BCUT2D eigenvalue weighted by atomic mass is 35.5. The van der Waals surface area contributed by atoms with Gasteiger partial charge in [-0.05, 0) is 42.3 Å². The van der Waals surface area contributed by atoms with Crippen molar-refractivity contribution in [2.45, 2.75) is 25.9 Å². The highest BCUT2D eigenvalue weighted by Crippen LogP contribution is 2.34. The summed E-state index contributed by atoms with van der Waals surface area (Å²) in [6, 6.07) is 17.6. The smallest absolute Gasteiger partial charge is 0.244 e. The maximum atomic E-state index is 14.0. The van der Waals surface area contributed by atoms with Gasteiger partial charge in [0.25, 0.3) is 0 Å². The Labute approximate surface area is 248 Å². The van der Waals surface area contributed by atoms with E-state index in [2.05, 4.69) is 5.32 Å². The zero-order valence-corrected chi connectivity index (χ0v) is 25.0. The van der Waals surface area contributed by atoms with Gasteiger partial charge in [0.05, 0.1) is 32.0 Å². The van der Waals surface area contributed by atoms with Crippen LogP contribution in [-0.2, 0) is 32.6 Å². The molecule has 3 aromatic rings. The van der Waals surface area contributed by atoms with Gasteiger partial charge in [0.1, 0.15) is 12.6 Å². The van der Waals surface area contributed by atoms with Crippen LogP contribution < -0.4 is 9.62 Å². The average Bonchev–Trinajstić information content (AvgIpc) is 2.88. The molecule has 0 aliphatic heterocycles. The summed E-state index contributed by atoms with van der Waals surface area (Å²) in [7, 11) is -3.98. The molecule has 0 heterocycles. The number of likely N-dealkylation sites (N-methyl/N-ethyl adjacent to an activating group) is 1. The van der Waals surface area contributed by atoms with Crippen LogP contribution in [0.25, 0.3) is 0 Å². The molecule has 0 aliphatic rings. The number of rotatable bonds is 11. The van der Waals surface area contributed by atoms with Gasteiger partial charge in [-0.15, -0.1) is 0 Å². The van der Waals surface area contributed by atoms with E-state index in [0.29, 0.717) is 17.1 Å². The Hall–Kier alpha value is -2.49. The third-order valence-electron chi connectivity index (χ3n) is 5.84. The van der Waals surface area contributed by atoms with Gasteiger partial charge in [-0.3, -0.25) is 13.9 Å². The monoisotopic (exact) mass is 629 g/mol. The van der Waals surface area contributed by atoms with E-state index in [1.165, 1.54) is 23.1 Å². The molecular formula is C27H27Cl4N3O4S. The van der Waals surface area contributed by atoms with Gasteiger partial charge < -0.3 is 10.2 Å². The molecule has 12 heteroatoms. The molecule has 3 aromatic carbocycles. The first-order chi connectivity index (χ1) is 18.4. The molecule has 7 nitrogen and oxygen atoms in total. The fourth-order valence-corrected chi connectivity index (χ4v) is 5.58. The Bertz CT molecular complexity index is 1440. The van der Waals surface area contributed by atoms with E-state index in [4.69, 9.17) is 46.4 Å². The number of anilines is 1. The van der Waals surface area contributed by atoms with Crippen LogP contribution in [0.4, 0.5) is 5.69 Å². The SMILES string of the molecule is CCNC(=O)[C@H](Cc1ccccc1)N(Cc1ccc(Cl)c(Cl)c1)C(=O)CN(c1cccc(Cl)c1Cl)S(C)(=O)=O.